The van der Waals surface area contributed by atoms with Crippen molar-refractivity contribution >= 4 is 15.9 Å². The normalized spacial score (nSPS) is 11.5. The summed E-state index contributed by atoms with van der Waals surface area (Å²) in [5, 5.41) is 2.83. The third-order valence-corrected chi connectivity index (χ3v) is 5.03. The minimum atomic E-state index is -3.54. The van der Waals surface area contributed by atoms with Crippen LogP contribution >= 0.6 is 0 Å². The van der Waals surface area contributed by atoms with Crippen LogP contribution in [0.15, 0.2) is 59.5 Å². The number of hydrogen-bond acceptors (Lipinski definition) is 3. The van der Waals surface area contributed by atoms with E-state index in [1.165, 1.54) is 24.3 Å². The van der Waals surface area contributed by atoms with Crippen LogP contribution in [0.1, 0.15) is 29.8 Å². The first kappa shape index (κ1) is 18.2. The van der Waals surface area contributed by atoms with E-state index >= 15 is 0 Å². The summed E-state index contributed by atoms with van der Waals surface area (Å²) < 4.78 is 26.6. The highest BCUT2D eigenvalue weighted by Crippen LogP contribution is 2.11. The van der Waals surface area contributed by atoms with Crippen molar-refractivity contribution in [2.45, 2.75) is 31.2 Å². The van der Waals surface area contributed by atoms with Crippen LogP contribution in [0.25, 0.3) is 0 Å². The summed E-state index contributed by atoms with van der Waals surface area (Å²) in [6.07, 6.45) is 0.747. The van der Waals surface area contributed by atoms with Gasteiger partial charge in [0.1, 0.15) is 0 Å². The van der Waals surface area contributed by atoms with Crippen molar-refractivity contribution in [1.29, 1.82) is 0 Å². The molecule has 0 aromatic heterocycles. The molecule has 2 rings (SSSR count). The van der Waals surface area contributed by atoms with Gasteiger partial charge < -0.3 is 5.32 Å². The highest BCUT2D eigenvalue weighted by atomic mass is 32.2. The fraction of sp³-hybridized carbons (Fsp3) is 0.278. The van der Waals surface area contributed by atoms with Gasteiger partial charge in [-0.2, -0.15) is 0 Å². The maximum absolute atomic E-state index is 12.1. The molecule has 24 heavy (non-hydrogen) atoms. The summed E-state index contributed by atoms with van der Waals surface area (Å²) in [6.45, 7) is 4.04. The second kappa shape index (κ2) is 8.08. The van der Waals surface area contributed by atoms with E-state index in [9.17, 15) is 13.2 Å². The standard InChI is InChI=1S/C18H22N2O3S/c1-14(2)20-24(22,23)17-10-8-16(9-11-17)18(21)19-13-12-15-6-4-3-5-7-15/h3-11,14,20H,12-13H2,1-2H3,(H,19,21). The van der Waals surface area contributed by atoms with Gasteiger partial charge in [0.25, 0.3) is 5.91 Å². The number of carbonyl (C=O) groups is 1. The quantitative estimate of drug-likeness (QED) is 0.808. The molecule has 5 nitrogen and oxygen atoms in total. The Morgan fingerprint density at radius 1 is 1.00 bits per heavy atom. The van der Waals surface area contributed by atoms with Gasteiger partial charge in [0.2, 0.25) is 10.0 Å². The van der Waals surface area contributed by atoms with Gasteiger partial charge in [-0.25, -0.2) is 13.1 Å². The van der Waals surface area contributed by atoms with E-state index in [0.717, 1.165) is 12.0 Å². The van der Waals surface area contributed by atoms with Crippen molar-refractivity contribution in [2.24, 2.45) is 0 Å². The van der Waals surface area contributed by atoms with Crippen molar-refractivity contribution in [1.82, 2.24) is 10.0 Å². The number of sulfonamides is 1. The van der Waals surface area contributed by atoms with E-state index in [1.807, 2.05) is 30.3 Å². The minimum Gasteiger partial charge on any atom is -0.352 e. The Labute approximate surface area is 143 Å². The molecule has 0 bridgehead atoms. The fourth-order valence-corrected chi connectivity index (χ4v) is 3.48. The van der Waals surface area contributed by atoms with E-state index in [2.05, 4.69) is 10.0 Å². The van der Waals surface area contributed by atoms with E-state index in [-0.39, 0.29) is 16.8 Å². The van der Waals surface area contributed by atoms with Crippen LogP contribution in [-0.4, -0.2) is 26.9 Å². The molecule has 128 valence electrons. The number of carbonyl (C=O) groups excluding carboxylic acids is 1. The number of nitrogens with one attached hydrogen (secondary N) is 2. The van der Waals surface area contributed by atoms with E-state index in [0.29, 0.717) is 12.1 Å². The van der Waals surface area contributed by atoms with Crippen molar-refractivity contribution in [2.75, 3.05) is 6.54 Å². The molecule has 0 aliphatic carbocycles. The third kappa shape index (κ3) is 5.18. The van der Waals surface area contributed by atoms with Crippen LogP contribution in [0, 0.1) is 0 Å². The molecule has 0 unspecified atom stereocenters. The summed E-state index contributed by atoms with van der Waals surface area (Å²) in [5.74, 6) is -0.216. The average molecular weight is 346 g/mol. The molecule has 1 amide bonds. The molecule has 2 aromatic carbocycles. The Kier molecular flexibility index (Phi) is 6.11. The van der Waals surface area contributed by atoms with Crippen LogP contribution in [0.3, 0.4) is 0 Å². The smallest absolute Gasteiger partial charge is 0.251 e. The lowest BCUT2D eigenvalue weighted by Gasteiger charge is -2.10. The van der Waals surface area contributed by atoms with Crippen molar-refractivity contribution in [3.8, 4) is 0 Å². The summed E-state index contributed by atoms with van der Waals surface area (Å²) in [4.78, 5) is 12.2. The molecular weight excluding hydrogens is 324 g/mol. The molecule has 0 atom stereocenters. The molecule has 2 N–H and O–H groups in total. The molecule has 0 saturated carbocycles. The molecule has 2 aromatic rings. The lowest BCUT2D eigenvalue weighted by molar-refractivity contribution is 0.0954. The highest BCUT2D eigenvalue weighted by Gasteiger charge is 2.15. The monoisotopic (exact) mass is 346 g/mol. The van der Waals surface area contributed by atoms with Crippen molar-refractivity contribution < 1.29 is 13.2 Å². The van der Waals surface area contributed by atoms with Gasteiger partial charge in [-0.15, -0.1) is 0 Å². The molecule has 6 heteroatoms. The zero-order valence-corrected chi connectivity index (χ0v) is 14.6. The van der Waals surface area contributed by atoms with Gasteiger partial charge >= 0.3 is 0 Å². The van der Waals surface area contributed by atoms with Crippen LogP contribution < -0.4 is 10.0 Å². The zero-order valence-electron chi connectivity index (χ0n) is 13.8. The molecule has 0 saturated heterocycles. The molecule has 0 heterocycles. The van der Waals surface area contributed by atoms with Crippen molar-refractivity contribution in [3.05, 3.63) is 65.7 Å². The molecule has 0 aliphatic rings. The number of rotatable bonds is 7. The van der Waals surface area contributed by atoms with Crippen LogP contribution in [-0.2, 0) is 16.4 Å². The van der Waals surface area contributed by atoms with Gasteiger partial charge in [0.15, 0.2) is 0 Å². The van der Waals surface area contributed by atoms with Crippen LogP contribution in [0.4, 0.5) is 0 Å². The number of hydrogen-bond donors (Lipinski definition) is 2. The van der Waals surface area contributed by atoms with Gasteiger partial charge in [0.05, 0.1) is 4.90 Å². The molecule has 0 spiro atoms. The van der Waals surface area contributed by atoms with E-state index < -0.39 is 10.0 Å². The Bertz CT molecular complexity index is 770. The molecule has 0 radical (unpaired) electrons. The number of amides is 1. The van der Waals surface area contributed by atoms with Crippen LogP contribution in [0.2, 0.25) is 0 Å². The third-order valence-electron chi connectivity index (χ3n) is 3.36. The molecule has 0 aliphatic heterocycles. The maximum atomic E-state index is 12.1. The molecular formula is C18H22N2O3S. The fourth-order valence-electron chi connectivity index (χ4n) is 2.23. The summed E-state index contributed by atoms with van der Waals surface area (Å²) in [5.41, 5.74) is 1.59. The Balaban J connectivity index is 1.94. The maximum Gasteiger partial charge on any atom is 0.251 e. The summed E-state index contributed by atoms with van der Waals surface area (Å²) in [6, 6.07) is 15.6. The first-order valence-electron chi connectivity index (χ1n) is 7.83. The molecule has 0 fully saturated rings. The Morgan fingerprint density at radius 2 is 1.62 bits per heavy atom. The largest absolute Gasteiger partial charge is 0.352 e. The SMILES string of the molecule is CC(C)NS(=O)(=O)c1ccc(C(=O)NCCc2ccccc2)cc1. The lowest BCUT2D eigenvalue weighted by atomic mass is 10.1. The van der Waals surface area contributed by atoms with E-state index in [4.69, 9.17) is 0 Å². The zero-order chi connectivity index (χ0) is 17.6. The topological polar surface area (TPSA) is 75.3 Å². The summed E-state index contributed by atoms with van der Waals surface area (Å²) >= 11 is 0. The van der Waals surface area contributed by atoms with Gasteiger partial charge in [-0.05, 0) is 50.1 Å². The highest BCUT2D eigenvalue weighted by molar-refractivity contribution is 7.89. The minimum absolute atomic E-state index is 0.150. The Morgan fingerprint density at radius 3 is 2.21 bits per heavy atom. The number of benzene rings is 2. The predicted molar refractivity (Wildman–Crippen MR) is 94.4 cm³/mol. The second-order valence-corrected chi connectivity index (χ2v) is 7.51. The second-order valence-electron chi connectivity index (χ2n) is 5.79. The Hall–Kier alpha value is -2.18. The predicted octanol–water partition coefficient (Wildman–Crippen LogP) is 2.35. The summed E-state index contributed by atoms with van der Waals surface area (Å²) in [7, 11) is -3.54. The van der Waals surface area contributed by atoms with E-state index in [1.54, 1.807) is 13.8 Å². The van der Waals surface area contributed by atoms with Gasteiger partial charge in [-0.3, -0.25) is 4.79 Å². The first-order chi connectivity index (χ1) is 11.4. The van der Waals surface area contributed by atoms with Gasteiger partial charge in [0, 0.05) is 18.2 Å². The average Bonchev–Trinajstić information content (AvgIpc) is 2.55. The lowest BCUT2D eigenvalue weighted by Crippen LogP contribution is -2.30. The van der Waals surface area contributed by atoms with Crippen molar-refractivity contribution in [3.63, 3.8) is 0 Å². The first-order valence-corrected chi connectivity index (χ1v) is 9.31. The van der Waals surface area contributed by atoms with Gasteiger partial charge in [-0.1, -0.05) is 30.3 Å². The van der Waals surface area contributed by atoms with Crippen LogP contribution in [0.5, 0.6) is 0 Å².